The summed E-state index contributed by atoms with van der Waals surface area (Å²) >= 11 is 7.94. The summed E-state index contributed by atoms with van der Waals surface area (Å²) in [6, 6.07) is 16.2. The lowest BCUT2D eigenvalue weighted by atomic mass is 10.0. The zero-order valence-corrected chi connectivity index (χ0v) is 16.7. The van der Waals surface area contributed by atoms with E-state index >= 15 is 0 Å². The van der Waals surface area contributed by atoms with Crippen molar-refractivity contribution >= 4 is 39.1 Å². The summed E-state index contributed by atoms with van der Waals surface area (Å²) in [6.45, 7) is 1.96. The first-order chi connectivity index (χ1) is 13.2. The molecule has 4 rings (SSSR count). The summed E-state index contributed by atoms with van der Waals surface area (Å²) in [7, 11) is 0. The Bertz CT molecular complexity index is 909. The summed E-state index contributed by atoms with van der Waals surface area (Å²) < 4.78 is 1.22. The summed E-state index contributed by atoms with van der Waals surface area (Å²) in [5.74, 6) is 0.0675. The van der Waals surface area contributed by atoms with Gasteiger partial charge in [0.1, 0.15) is 6.04 Å². The number of nitrogens with one attached hydrogen (secondary N) is 2. The maximum Gasteiger partial charge on any atom is 0.275 e. The lowest BCUT2D eigenvalue weighted by molar-refractivity contribution is -0.929. The van der Waals surface area contributed by atoms with E-state index in [2.05, 4.69) is 23.5 Å². The van der Waals surface area contributed by atoms with Crippen molar-refractivity contribution < 1.29 is 9.69 Å². The van der Waals surface area contributed by atoms with Crippen LogP contribution < -0.4 is 10.2 Å². The minimum Gasteiger partial charge on any atom is -0.347 e. The monoisotopic (exact) mass is 400 g/mol. The van der Waals surface area contributed by atoms with Crippen molar-refractivity contribution in [1.82, 2.24) is 10.3 Å². The number of benzene rings is 2. The second-order valence-corrected chi connectivity index (χ2v) is 8.49. The zero-order valence-electron chi connectivity index (χ0n) is 15.1. The van der Waals surface area contributed by atoms with Gasteiger partial charge in [0.05, 0.1) is 16.8 Å². The highest BCUT2D eigenvalue weighted by atomic mass is 35.5. The van der Waals surface area contributed by atoms with Gasteiger partial charge in [-0.15, -0.1) is 11.3 Å². The van der Waals surface area contributed by atoms with Crippen LogP contribution in [0.5, 0.6) is 0 Å². The topological polar surface area (TPSA) is 46.4 Å². The molecule has 2 N–H and O–H groups in total. The molecule has 2 heterocycles. The number of thiazole rings is 1. The first-order valence-corrected chi connectivity index (χ1v) is 10.6. The summed E-state index contributed by atoms with van der Waals surface area (Å²) in [4.78, 5) is 18.7. The lowest BCUT2D eigenvalue weighted by Gasteiger charge is -2.30. The third-order valence-corrected chi connectivity index (χ3v) is 6.68. The number of carbonyl (C=O) groups excluding carboxylic acids is 1. The van der Waals surface area contributed by atoms with Gasteiger partial charge < -0.3 is 10.2 Å². The van der Waals surface area contributed by atoms with Crippen LogP contribution >= 0.6 is 22.9 Å². The number of hydrogen-bond acceptors (Lipinski definition) is 3. The summed E-state index contributed by atoms with van der Waals surface area (Å²) in [5, 5.41) is 4.87. The predicted molar refractivity (Wildman–Crippen MR) is 110 cm³/mol. The number of piperidine rings is 1. The maximum absolute atomic E-state index is 12.6. The average Bonchev–Trinajstić information content (AvgIpc) is 3.12. The van der Waals surface area contributed by atoms with E-state index in [9.17, 15) is 4.79 Å². The number of hydrogen-bond donors (Lipinski definition) is 2. The fourth-order valence-corrected chi connectivity index (χ4v) is 5.10. The van der Waals surface area contributed by atoms with Crippen molar-refractivity contribution in [3.05, 3.63) is 64.1 Å². The molecule has 140 valence electrons. The molecule has 1 aliphatic rings. The molecule has 0 radical (unpaired) electrons. The van der Waals surface area contributed by atoms with E-state index in [-0.39, 0.29) is 5.91 Å². The van der Waals surface area contributed by atoms with Gasteiger partial charge in [-0.05, 0) is 36.6 Å². The average molecular weight is 401 g/mol. The number of carbonyl (C=O) groups is 1. The molecule has 1 saturated heterocycles. The van der Waals surface area contributed by atoms with Gasteiger partial charge in [0.15, 0.2) is 11.6 Å². The summed E-state index contributed by atoms with van der Waals surface area (Å²) in [5.41, 5.74) is 2.01. The Balaban J connectivity index is 1.43. The molecule has 1 unspecified atom stereocenters. The molecule has 0 aliphatic carbocycles. The number of nitrogens with zero attached hydrogens (tertiary/aromatic N) is 1. The van der Waals surface area contributed by atoms with Gasteiger partial charge in [-0.25, -0.2) is 4.98 Å². The third-order valence-electron chi connectivity index (χ3n) is 5.16. The zero-order chi connectivity index (χ0) is 18.6. The minimum atomic E-state index is 0.0675. The molecule has 1 aromatic heterocycles. The van der Waals surface area contributed by atoms with Crippen molar-refractivity contribution in [3.8, 4) is 0 Å². The van der Waals surface area contributed by atoms with Gasteiger partial charge in [-0.1, -0.05) is 41.9 Å². The number of aromatic nitrogens is 1. The number of rotatable bonds is 5. The number of fused-ring (bicyclic) bond motifs is 1. The van der Waals surface area contributed by atoms with Crippen LogP contribution in [0, 0.1) is 0 Å². The normalized spacial score (nSPS) is 19.9. The summed E-state index contributed by atoms with van der Waals surface area (Å²) in [6.07, 6.45) is 3.45. The molecule has 0 bridgehead atoms. The number of para-hydroxylation sites is 1. The van der Waals surface area contributed by atoms with E-state index < -0.39 is 0 Å². The van der Waals surface area contributed by atoms with Gasteiger partial charge >= 0.3 is 0 Å². The van der Waals surface area contributed by atoms with Crippen molar-refractivity contribution in [2.45, 2.75) is 31.8 Å². The molecule has 0 saturated carbocycles. The van der Waals surface area contributed by atoms with E-state index in [0.29, 0.717) is 24.2 Å². The van der Waals surface area contributed by atoms with Crippen LogP contribution in [-0.4, -0.2) is 24.0 Å². The quantitative estimate of drug-likeness (QED) is 0.689. The molecule has 6 heteroatoms. The first kappa shape index (κ1) is 18.4. The molecular weight excluding hydrogens is 378 g/mol. The maximum atomic E-state index is 12.6. The molecule has 1 fully saturated rings. The molecule has 2 atom stereocenters. The van der Waals surface area contributed by atoms with Crippen LogP contribution in [0.4, 0.5) is 0 Å². The molecular formula is C21H23ClN3OS+. The van der Waals surface area contributed by atoms with Crippen molar-refractivity contribution in [3.63, 3.8) is 0 Å². The SMILES string of the molecule is O=C(C[NH+]1CCCC[C@H]1c1nc2ccccc2s1)NCc1ccccc1Cl. The van der Waals surface area contributed by atoms with E-state index in [0.717, 1.165) is 35.5 Å². The second kappa shape index (κ2) is 8.38. The van der Waals surface area contributed by atoms with Gasteiger partial charge in [-0.3, -0.25) is 4.79 Å². The molecule has 2 aromatic carbocycles. The highest BCUT2D eigenvalue weighted by Gasteiger charge is 2.31. The number of likely N-dealkylation sites (tertiary alicyclic amines) is 1. The number of halogens is 1. The fraction of sp³-hybridized carbons (Fsp3) is 0.333. The van der Waals surface area contributed by atoms with Gasteiger partial charge in [-0.2, -0.15) is 0 Å². The molecule has 27 heavy (non-hydrogen) atoms. The Morgan fingerprint density at radius 1 is 1.19 bits per heavy atom. The van der Waals surface area contributed by atoms with Crippen LogP contribution in [-0.2, 0) is 11.3 Å². The van der Waals surface area contributed by atoms with E-state index in [4.69, 9.17) is 16.6 Å². The van der Waals surface area contributed by atoms with E-state index in [1.165, 1.54) is 16.0 Å². The Labute approximate surface area is 168 Å². The van der Waals surface area contributed by atoms with Gasteiger partial charge in [0.25, 0.3) is 5.91 Å². The van der Waals surface area contributed by atoms with Crippen LogP contribution in [0.1, 0.15) is 35.9 Å². The fourth-order valence-electron chi connectivity index (χ4n) is 3.73. The Kier molecular flexibility index (Phi) is 5.72. The van der Waals surface area contributed by atoms with Crippen LogP contribution in [0.25, 0.3) is 10.2 Å². The van der Waals surface area contributed by atoms with Crippen molar-refractivity contribution in [2.24, 2.45) is 0 Å². The van der Waals surface area contributed by atoms with Crippen molar-refractivity contribution in [2.75, 3.05) is 13.1 Å². The molecule has 4 nitrogen and oxygen atoms in total. The Hall–Kier alpha value is -1.95. The third kappa shape index (κ3) is 4.32. The van der Waals surface area contributed by atoms with Crippen molar-refractivity contribution in [1.29, 1.82) is 0 Å². The highest BCUT2D eigenvalue weighted by molar-refractivity contribution is 7.18. The molecule has 0 spiro atoms. The minimum absolute atomic E-state index is 0.0675. The standard InChI is InChI=1S/C21H22ClN3OS/c22-16-8-2-1-7-15(16)13-23-20(26)14-25-12-6-5-10-18(25)21-24-17-9-3-4-11-19(17)27-21/h1-4,7-9,11,18H,5-6,10,12-14H2,(H,23,26)/p+1/t18-/m0/s1. The number of quaternary nitrogens is 1. The van der Waals surface area contributed by atoms with Gasteiger partial charge in [0.2, 0.25) is 0 Å². The van der Waals surface area contributed by atoms with Crippen LogP contribution in [0.15, 0.2) is 48.5 Å². The lowest BCUT2D eigenvalue weighted by Crippen LogP contribution is -3.14. The van der Waals surface area contributed by atoms with E-state index in [1.807, 2.05) is 30.3 Å². The largest absolute Gasteiger partial charge is 0.347 e. The van der Waals surface area contributed by atoms with Crippen LogP contribution in [0.3, 0.4) is 0 Å². The van der Waals surface area contributed by atoms with Crippen LogP contribution in [0.2, 0.25) is 5.02 Å². The molecule has 1 aliphatic heterocycles. The highest BCUT2D eigenvalue weighted by Crippen LogP contribution is 2.28. The molecule has 1 amide bonds. The Morgan fingerprint density at radius 2 is 2.00 bits per heavy atom. The first-order valence-electron chi connectivity index (χ1n) is 9.41. The Morgan fingerprint density at radius 3 is 2.85 bits per heavy atom. The van der Waals surface area contributed by atoms with Gasteiger partial charge in [0, 0.05) is 18.0 Å². The number of amides is 1. The molecule has 3 aromatic rings. The van der Waals surface area contributed by atoms with E-state index in [1.54, 1.807) is 11.3 Å². The smallest absolute Gasteiger partial charge is 0.275 e. The predicted octanol–water partition coefficient (Wildman–Crippen LogP) is 3.38. The second-order valence-electron chi connectivity index (χ2n) is 7.02.